The Labute approximate surface area is 254 Å². The normalized spacial score (nSPS) is 16.0. The lowest BCUT2D eigenvalue weighted by molar-refractivity contribution is 0.434. The fourth-order valence-corrected chi connectivity index (χ4v) is 7.95. The fraction of sp³-hybridized carbons (Fsp3) is 0.0238. The van der Waals surface area contributed by atoms with Gasteiger partial charge < -0.3 is 4.74 Å². The molecule has 0 saturated heterocycles. The number of pyridine rings is 1. The summed E-state index contributed by atoms with van der Waals surface area (Å²) in [6.07, 6.45) is 3.76. The number of hydrogen-bond acceptors (Lipinski definition) is 2. The van der Waals surface area contributed by atoms with Crippen molar-refractivity contribution in [2.75, 3.05) is 0 Å². The topological polar surface area (TPSA) is 22.1 Å². The molecule has 1 spiro atoms. The van der Waals surface area contributed by atoms with Crippen molar-refractivity contribution in [2.24, 2.45) is 0 Å². The molecule has 0 saturated carbocycles. The van der Waals surface area contributed by atoms with Crippen LogP contribution in [-0.4, -0.2) is 4.98 Å². The van der Waals surface area contributed by atoms with Gasteiger partial charge >= 0.3 is 0 Å². The average molecular weight is 560 g/mol. The highest BCUT2D eigenvalue weighted by atomic mass is 16.5. The minimum atomic E-state index is -0.537. The van der Waals surface area contributed by atoms with E-state index in [1.165, 1.54) is 65.7 Å². The Balaban J connectivity index is 1.28. The number of ether oxygens (including phenoxy) is 1. The van der Waals surface area contributed by atoms with Crippen LogP contribution in [0.1, 0.15) is 22.3 Å². The van der Waals surface area contributed by atoms with Gasteiger partial charge in [-0.05, 0) is 90.0 Å². The van der Waals surface area contributed by atoms with Crippen LogP contribution in [0, 0.1) is 0 Å². The molecule has 1 unspecified atom stereocenters. The summed E-state index contributed by atoms with van der Waals surface area (Å²) < 4.78 is 6.63. The molecule has 0 N–H and O–H groups in total. The monoisotopic (exact) mass is 559 g/mol. The van der Waals surface area contributed by atoms with Crippen LogP contribution in [0.4, 0.5) is 0 Å². The predicted octanol–water partition coefficient (Wildman–Crippen LogP) is 10.7. The Morgan fingerprint density at radius 2 is 1.16 bits per heavy atom. The van der Waals surface area contributed by atoms with Crippen molar-refractivity contribution in [1.29, 1.82) is 0 Å². The number of fused-ring (bicyclic) bond motifs is 14. The smallest absolute Gasteiger partial charge is 0.150 e. The summed E-state index contributed by atoms with van der Waals surface area (Å²) in [5.74, 6) is 1.68. The van der Waals surface area contributed by atoms with Crippen molar-refractivity contribution in [3.05, 3.63) is 174 Å². The molecule has 10 rings (SSSR count). The molecular formula is C42H25NO. The van der Waals surface area contributed by atoms with Crippen LogP contribution in [-0.2, 0) is 5.41 Å². The Hall–Kier alpha value is -5.73. The fourth-order valence-electron chi connectivity index (χ4n) is 7.95. The van der Waals surface area contributed by atoms with Gasteiger partial charge in [0.1, 0.15) is 5.75 Å². The van der Waals surface area contributed by atoms with Gasteiger partial charge in [-0.1, -0.05) is 115 Å². The standard InChI is InChI=1S/C42H25NO/c1-3-9-31-26(7-1)13-14-30-23-28(15-18-32(30)31)29-17-20-39-38(24-29)42(36-21-22-43-25-40(36)44-39)35-12-6-5-11-34(35)41-33-10-4-2-8-27(33)16-19-37(41)42/h1-25H. The molecule has 2 heterocycles. The number of hydrogen-bond donors (Lipinski definition) is 0. The van der Waals surface area contributed by atoms with Crippen molar-refractivity contribution < 1.29 is 4.74 Å². The highest BCUT2D eigenvalue weighted by Gasteiger charge is 2.51. The Morgan fingerprint density at radius 3 is 2.09 bits per heavy atom. The van der Waals surface area contributed by atoms with E-state index in [-0.39, 0.29) is 0 Å². The van der Waals surface area contributed by atoms with Gasteiger partial charge in [0.15, 0.2) is 5.75 Å². The molecule has 1 aliphatic carbocycles. The van der Waals surface area contributed by atoms with Crippen LogP contribution in [0.3, 0.4) is 0 Å². The molecular weight excluding hydrogens is 534 g/mol. The van der Waals surface area contributed by atoms with E-state index in [1.54, 1.807) is 0 Å². The lowest BCUT2D eigenvalue weighted by Gasteiger charge is -2.39. The predicted molar refractivity (Wildman–Crippen MR) is 180 cm³/mol. The average Bonchev–Trinajstić information content (AvgIpc) is 3.39. The first-order valence-electron chi connectivity index (χ1n) is 15.1. The number of nitrogens with zero attached hydrogens (tertiary/aromatic N) is 1. The van der Waals surface area contributed by atoms with Gasteiger partial charge in [-0.3, -0.25) is 4.98 Å². The summed E-state index contributed by atoms with van der Waals surface area (Å²) in [5, 5.41) is 7.58. The maximum absolute atomic E-state index is 6.63. The zero-order chi connectivity index (χ0) is 28.8. The third-order valence-electron chi connectivity index (χ3n) is 9.80. The van der Waals surface area contributed by atoms with Gasteiger partial charge in [0.25, 0.3) is 0 Å². The first kappa shape index (κ1) is 23.8. The number of rotatable bonds is 1. The summed E-state index contributed by atoms with van der Waals surface area (Å²) in [6.45, 7) is 0. The summed E-state index contributed by atoms with van der Waals surface area (Å²) >= 11 is 0. The maximum atomic E-state index is 6.63. The van der Waals surface area contributed by atoms with Crippen LogP contribution in [0.5, 0.6) is 11.5 Å². The first-order chi connectivity index (χ1) is 21.8. The molecule has 1 aliphatic heterocycles. The van der Waals surface area contributed by atoms with E-state index in [2.05, 4.69) is 145 Å². The van der Waals surface area contributed by atoms with E-state index >= 15 is 0 Å². The Bertz CT molecular complexity index is 2490. The van der Waals surface area contributed by atoms with E-state index in [1.807, 2.05) is 12.4 Å². The highest BCUT2D eigenvalue weighted by Crippen LogP contribution is 2.63. The molecule has 0 radical (unpaired) electrons. The van der Waals surface area contributed by atoms with Gasteiger partial charge in [0.2, 0.25) is 0 Å². The lowest BCUT2D eigenvalue weighted by Crippen LogP contribution is -2.32. The molecule has 2 nitrogen and oxygen atoms in total. The molecule has 8 aromatic rings. The van der Waals surface area contributed by atoms with Crippen molar-refractivity contribution in [3.63, 3.8) is 0 Å². The lowest BCUT2D eigenvalue weighted by atomic mass is 9.66. The molecule has 2 heteroatoms. The Kier molecular flexibility index (Phi) is 4.68. The molecule has 2 aliphatic rings. The van der Waals surface area contributed by atoms with Crippen LogP contribution >= 0.6 is 0 Å². The quantitative estimate of drug-likeness (QED) is 0.187. The van der Waals surface area contributed by atoms with Crippen LogP contribution < -0.4 is 4.74 Å². The minimum Gasteiger partial charge on any atom is -0.455 e. The highest BCUT2D eigenvalue weighted by molar-refractivity contribution is 6.08. The summed E-state index contributed by atoms with van der Waals surface area (Å²) in [7, 11) is 0. The number of aromatic nitrogens is 1. The first-order valence-corrected chi connectivity index (χ1v) is 15.1. The van der Waals surface area contributed by atoms with Gasteiger partial charge in [-0.15, -0.1) is 0 Å². The van der Waals surface area contributed by atoms with Gasteiger partial charge in [0, 0.05) is 17.3 Å². The van der Waals surface area contributed by atoms with Crippen molar-refractivity contribution in [2.45, 2.75) is 5.41 Å². The maximum Gasteiger partial charge on any atom is 0.150 e. The molecule has 0 bridgehead atoms. The van der Waals surface area contributed by atoms with E-state index in [0.717, 1.165) is 22.6 Å². The summed E-state index contributed by atoms with van der Waals surface area (Å²) in [5.41, 5.74) is 9.27. The van der Waals surface area contributed by atoms with Gasteiger partial charge in [-0.25, -0.2) is 0 Å². The largest absolute Gasteiger partial charge is 0.455 e. The second-order valence-corrected chi connectivity index (χ2v) is 11.9. The van der Waals surface area contributed by atoms with Gasteiger partial charge in [0.05, 0.1) is 11.6 Å². The minimum absolute atomic E-state index is 0.537. The Morgan fingerprint density at radius 1 is 0.455 bits per heavy atom. The second kappa shape index (κ2) is 8.65. The second-order valence-electron chi connectivity index (χ2n) is 11.9. The van der Waals surface area contributed by atoms with Gasteiger partial charge in [-0.2, -0.15) is 0 Å². The van der Waals surface area contributed by atoms with E-state index in [4.69, 9.17) is 4.74 Å². The molecule has 1 atom stereocenters. The molecule has 7 aromatic carbocycles. The zero-order valence-corrected chi connectivity index (χ0v) is 23.8. The molecule has 204 valence electrons. The summed E-state index contributed by atoms with van der Waals surface area (Å²) in [6, 6.07) is 51.0. The van der Waals surface area contributed by atoms with Crippen LogP contribution in [0.15, 0.2) is 152 Å². The van der Waals surface area contributed by atoms with E-state index < -0.39 is 5.41 Å². The summed E-state index contributed by atoms with van der Waals surface area (Å²) in [4.78, 5) is 4.48. The zero-order valence-electron chi connectivity index (χ0n) is 23.8. The SMILES string of the molecule is c1ccc2c(c1)-c1c(ccc3ccccc13)C21c2ccncc2Oc2ccc(-c3ccc4c(ccc5ccccc54)c3)cc21. The van der Waals surface area contributed by atoms with E-state index in [0.29, 0.717) is 0 Å². The van der Waals surface area contributed by atoms with Crippen molar-refractivity contribution >= 4 is 32.3 Å². The molecule has 0 amide bonds. The van der Waals surface area contributed by atoms with Crippen LogP contribution in [0.2, 0.25) is 0 Å². The third-order valence-corrected chi connectivity index (χ3v) is 9.80. The van der Waals surface area contributed by atoms with Crippen molar-refractivity contribution in [1.82, 2.24) is 4.98 Å². The van der Waals surface area contributed by atoms with Crippen LogP contribution in [0.25, 0.3) is 54.6 Å². The molecule has 44 heavy (non-hydrogen) atoms. The van der Waals surface area contributed by atoms with Crippen molar-refractivity contribution in [3.8, 4) is 33.8 Å². The van der Waals surface area contributed by atoms with E-state index in [9.17, 15) is 0 Å². The molecule has 1 aromatic heterocycles. The number of benzene rings is 7. The third kappa shape index (κ3) is 3.02. The molecule has 0 fully saturated rings.